The van der Waals surface area contributed by atoms with Crippen molar-refractivity contribution in [2.24, 2.45) is 4.99 Å². The van der Waals surface area contributed by atoms with Crippen LogP contribution < -0.4 is 4.74 Å². The second-order valence-electron chi connectivity index (χ2n) is 5.79. The Morgan fingerprint density at radius 2 is 1.88 bits per heavy atom. The number of alkyl halides is 3. The van der Waals surface area contributed by atoms with E-state index in [4.69, 9.17) is 9.47 Å². The fourth-order valence-electron chi connectivity index (χ4n) is 2.93. The number of para-hydroxylation sites is 1. The highest BCUT2D eigenvalue weighted by molar-refractivity contribution is 6.07. The van der Waals surface area contributed by atoms with Crippen LogP contribution >= 0.6 is 0 Å². The lowest BCUT2D eigenvalue weighted by Gasteiger charge is -2.22. The van der Waals surface area contributed by atoms with E-state index in [9.17, 15) is 18.0 Å². The number of benzene rings is 2. The number of ether oxygens (including phenoxy) is 2. The quantitative estimate of drug-likeness (QED) is 0.771. The van der Waals surface area contributed by atoms with Gasteiger partial charge in [-0.1, -0.05) is 30.3 Å². The Hall–Kier alpha value is -2.83. The van der Waals surface area contributed by atoms with Crippen LogP contribution in [0.2, 0.25) is 0 Å². The molecule has 0 saturated carbocycles. The van der Waals surface area contributed by atoms with E-state index in [2.05, 4.69) is 4.99 Å². The summed E-state index contributed by atoms with van der Waals surface area (Å²) < 4.78 is 51.4. The van der Waals surface area contributed by atoms with Crippen molar-refractivity contribution < 1.29 is 27.4 Å². The largest absolute Gasteiger partial charge is 0.496 e. The monoisotopic (exact) mass is 363 g/mol. The zero-order valence-electron chi connectivity index (χ0n) is 14.1. The molecule has 0 amide bonds. The van der Waals surface area contributed by atoms with Crippen LogP contribution in [0.15, 0.2) is 47.5 Å². The van der Waals surface area contributed by atoms with Gasteiger partial charge in [-0.3, -0.25) is 9.79 Å². The zero-order valence-corrected chi connectivity index (χ0v) is 14.1. The molecule has 2 aromatic carbocycles. The third-order valence-corrected chi connectivity index (χ3v) is 4.09. The average molecular weight is 363 g/mol. The van der Waals surface area contributed by atoms with Gasteiger partial charge < -0.3 is 9.47 Å². The molecule has 0 N–H and O–H groups in total. The minimum atomic E-state index is -4.57. The highest BCUT2D eigenvalue weighted by atomic mass is 19.4. The van der Waals surface area contributed by atoms with E-state index >= 15 is 0 Å². The minimum absolute atomic E-state index is 0.0137. The lowest BCUT2D eigenvalue weighted by atomic mass is 9.94. The van der Waals surface area contributed by atoms with Crippen molar-refractivity contribution >= 4 is 11.7 Å². The van der Waals surface area contributed by atoms with Crippen molar-refractivity contribution in [3.8, 4) is 16.9 Å². The first-order valence-corrected chi connectivity index (χ1v) is 7.90. The molecular weight excluding hydrogens is 347 g/mol. The molecule has 3 rings (SSSR count). The first-order valence-electron chi connectivity index (χ1n) is 7.90. The number of halogens is 3. The molecular formula is C19H16F3NO3. The Morgan fingerprint density at radius 1 is 1.15 bits per heavy atom. The van der Waals surface area contributed by atoms with Crippen molar-refractivity contribution in [1.82, 2.24) is 0 Å². The molecule has 7 heteroatoms. The first kappa shape index (κ1) is 18.0. The van der Waals surface area contributed by atoms with Crippen LogP contribution in [0.25, 0.3) is 11.1 Å². The van der Waals surface area contributed by atoms with E-state index in [-0.39, 0.29) is 17.7 Å². The Bertz CT molecular complexity index is 875. The second kappa shape index (κ2) is 6.82. The summed E-state index contributed by atoms with van der Waals surface area (Å²) in [6.07, 6.45) is -5.27. The number of carbonyl (C=O) groups is 1. The molecule has 2 aromatic rings. The van der Waals surface area contributed by atoms with Crippen LogP contribution in [0.3, 0.4) is 0 Å². The lowest BCUT2D eigenvalue weighted by Crippen LogP contribution is -2.32. The summed E-state index contributed by atoms with van der Waals surface area (Å²) in [5.41, 5.74) is 0.155. The van der Waals surface area contributed by atoms with Gasteiger partial charge in [0.2, 0.25) is 0 Å². The highest BCUT2D eigenvalue weighted by Crippen LogP contribution is 2.41. The standard InChI is InChI=1S/C19H16F3NO3/c1-11-18(23-10-17(24)26-11)12-7-8-13(15(9-12)19(20,21)22)14-5-3-4-6-16(14)25-2/h3-9,11H,10H2,1-2H3/t11-/m0/s1. The maximum atomic E-state index is 13.7. The third kappa shape index (κ3) is 3.42. The van der Waals surface area contributed by atoms with Crippen molar-refractivity contribution in [1.29, 1.82) is 0 Å². The molecule has 0 unspecified atom stereocenters. The third-order valence-electron chi connectivity index (χ3n) is 4.09. The molecule has 1 heterocycles. The Labute approximate surface area is 148 Å². The number of rotatable bonds is 3. The minimum Gasteiger partial charge on any atom is -0.496 e. The number of nitrogens with zero attached hydrogens (tertiary/aromatic N) is 1. The maximum absolute atomic E-state index is 13.7. The smallest absolute Gasteiger partial charge is 0.417 e. The van der Waals surface area contributed by atoms with Crippen molar-refractivity contribution in [3.05, 3.63) is 53.6 Å². The molecule has 1 atom stereocenters. The molecule has 0 aliphatic carbocycles. The molecule has 26 heavy (non-hydrogen) atoms. The number of cyclic esters (lactones) is 1. The molecule has 0 saturated heterocycles. The van der Waals surface area contributed by atoms with Gasteiger partial charge in [-0.2, -0.15) is 13.2 Å². The van der Waals surface area contributed by atoms with Gasteiger partial charge in [-0.05, 0) is 30.2 Å². The number of carbonyl (C=O) groups excluding carboxylic acids is 1. The Kier molecular flexibility index (Phi) is 4.71. The molecule has 0 spiro atoms. The Morgan fingerprint density at radius 3 is 2.54 bits per heavy atom. The predicted molar refractivity (Wildman–Crippen MR) is 90.4 cm³/mol. The summed E-state index contributed by atoms with van der Waals surface area (Å²) in [6, 6.07) is 10.5. The van der Waals surface area contributed by atoms with E-state index in [1.165, 1.54) is 13.2 Å². The molecule has 136 valence electrons. The molecule has 0 aromatic heterocycles. The molecule has 0 bridgehead atoms. The summed E-state index contributed by atoms with van der Waals surface area (Å²) >= 11 is 0. The summed E-state index contributed by atoms with van der Waals surface area (Å²) in [5.74, 6) is -0.147. The second-order valence-corrected chi connectivity index (χ2v) is 5.79. The van der Waals surface area contributed by atoms with Crippen LogP contribution in [0.5, 0.6) is 5.75 Å². The molecule has 1 aliphatic heterocycles. The summed E-state index contributed by atoms with van der Waals surface area (Å²) in [4.78, 5) is 15.3. The fraction of sp³-hybridized carbons (Fsp3) is 0.263. The van der Waals surface area contributed by atoms with Gasteiger partial charge >= 0.3 is 12.1 Å². The van der Waals surface area contributed by atoms with E-state index in [1.807, 2.05) is 0 Å². The summed E-state index contributed by atoms with van der Waals surface area (Å²) in [7, 11) is 1.41. The number of esters is 1. The van der Waals surface area contributed by atoms with Crippen LogP contribution in [-0.4, -0.2) is 31.4 Å². The van der Waals surface area contributed by atoms with Crippen LogP contribution in [-0.2, 0) is 15.7 Å². The van der Waals surface area contributed by atoms with Crippen molar-refractivity contribution in [3.63, 3.8) is 0 Å². The van der Waals surface area contributed by atoms with Crippen molar-refractivity contribution in [2.45, 2.75) is 19.2 Å². The normalized spacial score (nSPS) is 17.5. The van der Waals surface area contributed by atoms with E-state index in [0.29, 0.717) is 17.0 Å². The van der Waals surface area contributed by atoms with Gasteiger partial charge in [0.1, 0.15) is 18.4 Å². The SMILES string of the molecule is COc1ccccc1-c1ccc(C2=NCC(=O)O[C@H]2C)cc1C(F)(F)F. The highest BCUT2D eigenvalue weighted by Gasteiger charge is 2.35. The van der Waals surface area contributed by atoms with Gasteiger partial charge in [-0.25, -0.2) is 0 Å². The molecule has 0 radical (unpaired) electrons. The van der Waals surface area contributed by atoms with E-state index in [0.717, 1.165) is 6.07 Å². The fourth-order valence-corrected chi connectivity index (χ4v) is 2.93. The molecule has 1 aliphatic rings. The summed E-state index contributed by atoms with van der Waals surface area (Å²) in [5, 5.41) is 0. The number of hydrogen-bond acceptors (Lipinski definition) is 4. The van der Waals surface area contributed by atoms with Gasteiger partial charge in [0.05, 0.1) is 18.4 Å². The van der Waals surface area contributed by atoms with Crippen LogP contribution in [0.1, 0.15) is 18.1 Å². The maximum Gasteiger partial charge on any atom is 0.417 e. The van der Waals surface area contributed by atoms with Crippen LogP contribution in [0, 0.1) is 0 Å². The van der Waals surface area contributed by atoms with Gasteiger partial charge in [0, 0.05) is 5.56 Å². The van der Waals surface area contributed by atoms with E-state index in [1.54, 1.807) is 37.3 Å². The van der Waals surface area contributed by atoms with Crippen molar-refractivity contribution in [2.75, 3.05) is 13.7 Å². The topological polar surface area (TPSA) is 47.9 Å². The summed E-state index contributed by atoms with van der Waals surface area (Å²) in [6.45, 7) is 1.38. The number of hydrogen-bond donors (Lipinski definition) is 0. The number of aliphatic imine (C=N–C) groups is 1. The molecule has 0 fully saturated rings. The van der Waals surface area contributed by atoms with E-state index < -0.39 is 23.8 Å². The van der Waals surface area contributed by atoms with Gasteiger partial charge in [-0.15, -0.1) is 0 Å². The zero-order chi connectivity index (χ0) is 18.9. The first-order chi connectivity index (χ1) is 12.3. The van der Waals surface area contributed by atoms with Crippen LogP contribution in [0.4, 0.5) is 13.2 Å². The lowest BCUT2D eigenvalue weighted by molar-refractivity contribution is -0.144. The predicted octanol–water partition coefficient (Wildman–Crippen LogP) is 4.12. The van der Waals surface area contributed by atoms with Gasteiger partial charge in [0.15, 0.2) is 0 Å². The Balaban J connectivity index is 2.15. The average Bonchev–Trinajstić information content (AvgIpc) is 2.60. The molecule has 4 nitrogen and oxygen atoms in total. The number of methoxy groups -OCH3 is 1. The van der Waals surface area contributed by atoms with Gasteiger partial charge in [0.25, 0.3) is 0 Å².